The van der Waals surface area contributed by atoms with Gasteiger partial charge in [-0.25, -0.2) is 4.98 Å². The summed E-state index contributed by atoms with van der Waals surface area (Å²) >= 11 is 6.27. The molecule has 0 aliphatic carbocycles. The van der Waals surface area contributed by atoms with Crippen LogP contribution >= 0.6 is 39.0 Å². The van der Waals surface area contributed by atoms with Gasteiger partial charge in [0.05, 0.1) is 19.4 Å². The van der Waals surface area contributed by atoms with Crippen LogP contribution in [0.5, 0.6) is 0 Å². The molecule has 2 aromatic heterocycles. The number of thioether (sulfide) groups is 1. The molecule has 0 aliphatic rings. The number of Topliss-reactive ketones (excluding diaryl/α,β-unsaturated/α-hetero) is 1. The molecule has 5 heteroatoms. The van der Waals surface area contributed by atoms with Crippen LogP contribution in [0.2, 0.25) is 0 Å². The fraction of sp³-hybridized carbons (Fsp3) is 0.0909. The molecule has 0 saturated carbocycles. The lowest BCUT2D eigenvalue weighted by Gasteiger charge is -1.97. The second-order valence-corrected chi connectivity index (χ2v) is 6.44. The average molecular weight is 314 g/mol. The van der Waals surface area contributed by atoms with Gasteiger partial charge in [-0.3, -0.25) is 4.79 Å². The quantitative estimate of drug-likeness (QED) is 0.634. The Balaban J connectivity index is 1.94. The minimum atomic E-state index is 0.145. The molecule has 0 saturated heterocycles. The third kappa shape index (κ3) is 3.17. The Bertz CT molecular complexity index is 484. The molecule has 2 heterocycles. The highest BCUT2D eigenvalue weighted by molar-refractivity contribution is 9.11. The maximum absolute atomic E-state index is 11.8. The lowest BCUT2D eigenvalue weighted by molar-refractivity contribution is 0.102. The number of pyridine rings is 1. The Kier molecular flexibility index (Phi) is 4.15. The van der Waals surface area contributed by atoms with Crippen LogP contribution in [-0.4, -0.2) is 16.5 Å². The third-order valence-corrected chi connectivity index (χ3v) is 4.45. The van der Waals surface area contributed by atoms with E-state index in [4.69, 9.17) is 0 Å². The second kappa shape index (κ2) is 5.61. The maximum atomic E-state index is 11.8. The van der Waals surface area contributed by atoms with Crippen molar-refractivity contribution in [3.8, 4) is 0 Å². The molecule has 82 valence electrons. The summed E-state index contributed by atoms with van der Waals surface area (Å²) in [6, 6.07) is 9.42. The van der Waals surface area contributed by atoms with E-state index in [9.17, 15) is 4.79 Å². The summed E-state index contributed by atoms with van der Waals surface area (Å²) < 4.78 is 0.985. The van der Waals surface area contributed by atoms with Gasteiger partial charge in [-0.2, -0.15) is 0 Å². The summed E-state index contributed by atoms with van der Waals surface area (Å²) in [5.41, 5.74) is 0. The number of aromatic nitrogens is 1. The highest BCUT2D eigenvalue weighted by Gasteiger charge is 2.09. The molecular weight excluding hydrogens is 306 g/mol. The Morgan fingerprint density at radius 2 is 2.25 bits per heavy atom. The lowest BCUT2D eigenvalue weighted by Crippen LogP contribution is -1.99. The van der Waals surface area contributed by atoms with Gasteiger partial charge in [0.25, 0.3) is 0 Å². The fourth-order valence-corrected chi connectivity index (χ4v) is 3.27. The number of carbonyl (C=O) groups is 1. The van der Waals surface area contributed by atoms with Crippen LogP contribution in [0, 0.1) is 0 Å². The summed E-state index contributed by atoms with van der Waals surface area (Å²) in [6.07, 6.45) is 1.73. The molecule has 0 amide bonds. The van der Waals surface area contributed by atoms with Crippen molar-refractivity contribution in [3.05, 3.63) is 45.2 Å². The average Bonchev–Trinajstić information content (AvgIpc) is 2.74. The van der Waals surface area contributed by atoms with Gasteiger partial charge in [0, 0.05) is 6.20 Å². The van der Waals surface area contributed by atoms with E-state index in [0.717, 1.165) is 13.7 Å². The van der Waals surface area contributed by atoms with Crippen molar-refractivity contribution >= 4 is 44.8 Å². The largest absolute Gasteiger partial charge is 0.292 e. The molecule has 0 bridgehead atoms. The van der Waals surface area contributed by atoms with E-state index in [1.165, 1.54) is 23.1 Å². The zero-order chi connectivity index (χ0) is 11.4. The van der Waals surface area contributed by atoms with Crippen LogP contribution in [0.4, 0.5) is 0 Å². The van der Waals surface area contributed by atoms with Crippen molar-refractivity contribution in [1.82, 2.24) is 4.98 Å². The molecule has 16 heavy (non-hydrogen) atoms. The van der Waals surface area contributed by atoms with Gasteiger partial charge in [0.1, 0.15) is 0 Å². The fourth-order valence-electron chi connectivity index (χ4n) is 1.11. The van der Waals surface area contributed by atoms with E-state index in [2.05, 4.69) is 20.9 Å². The van der Waals surface area contributed by atoms with Crippen molar-refractivity contribution < 1.29 is 4.79 Å². The van der Waals surface area contributed by atoms with Crippen molar-refractivity contribution in [2.45, 2.75) is 5.03 Å². The van der Waals surface area contributed by atoms with E-state index in [1.807, 2.05) is 30.3 Å². The molecule has 0 aliphatic heterocycles. The first-order valence-electron chi connectivity index (χ1n) is 4.58. The summed E-state index contributed by atoms with van der Waals surface area (Å²) in [4.78, 5) is 16.7. The zero-order valence-electron chi connectivity index (χ0n) is 8.22. The summed E-state index contributed by atoms with van der Waals surface area (Å²) in [6.45, 7) is 0. The number of nitrogens with zero attached hydrogens (tertiary/aromatic N) is 1. The Labute approximate surface area is 110 Å². The van der Waals surface area contributed by atoms with E-state index < -0.39 is 0 Å². The van der Waals surface area contributed by atoms with Crippen molar-refractivity contribution in [3.63, 3.8) is 0 Å². The molecule has 2 rings (SSSR count). The lowest BCUT2D eigenvalue weighted by atomic mass is 10.4. The van der Waals surface area contributed by atoms with E-state index in [1.54, 1.807) is 6.20 Å². The van der Waals surface area contributed by atoms with Gasteiger partial charge in [-0.15, -0.1) is 11.3 Å². The number of hydrogen-bond donors (Lipinski definition) is 0. The predicted molar refractivity (Wildman–Crippen MR) is 71.3 cm³/mol. The first-order chi connectivity index (χ1) is 7.75. The molecule has 2 nitrogen and oxygen atoms in total. The van der Waals surface area contributed by atoms with E-state index in [0.29, 0.717) is 5.75 Å². The number of halogens is 1. The summed E-state index contributed by atoms with van der Waals surface area (Å²) in [7, 11) is 0. The molecule has 0 atom stereocenters. The topological polar surface area (TPSA) is 30.0 Å². The van der Waals surface area contributed by atoms with Crippen molar-refractivity contribution in [1.29, 1.82) is 0 Å². The first-order valence-corrected chi connectivity index (χ1v) is 7.17. The summed E-state index contributed by atoms with van der Waals surface area (Å²) in [5, 5.41) is 0.881. The Morgan fingerprint density at radius 1 is 1.38 bits per heavy atom. The number of ketones is 1. The maximum Gasteiger partial charge on any atom is 0.183 e. The molecule has 0 N–H and O–H groups in total. The van der Waals surface area contributed by atoms with Gasteiger partial charge < -0.3 is 0 Å². The first kappa shape index (κ1) is 11.8. The smallest absolute Gasteiger partial charge is 0.183 e. The molecule has 0 unspecified atom stereocenters. The highest BCUT2D eigenvalue weighted by atomic mass is 79.9. The summed E-state index contributed by atoms with van der Waals surface area (Å²) in [5.74, 6) is 0.579. The standard InChI is InChI=1S/C11H8BrNOS2/c12-10-5-4-9(16-10)8(14)7-15-11-3-1-2-6-13-11/h1-6H,7H2. The number of thiophene rings is 1. The van der Waals surface area contributed by atoms with Gasteiger partial charge in [-0.05, 0) is 40.2 Å². The molecule has 0 aromatic carbocycles. The van der Waals surface area contributed by atoms with Crippen molar-refractivity contribution in [2.24, 2.45) is 0 Å². The Hall–Kier alpha value is -0.650. The van der Waals surface area contributed by atoms with Crippen molar-refractivity contribution in [2.75, 3.05) is 5.75 Å². The number of hydrogen-bond acceptors (Lipinski definition) is 4. The minimum Gasteiger partial charge on any atom is -0.292 e. The van der Waals surface area contributed by atoms with E-state index >= 15 is 0 Å². The normalized spacial score (nSPS) is 10.3. The SMILES string of the molecule is O=C(CSc1ccccn1)c1ccc(Br)s1. The van der Waals surface area contributed by atoms with Gasteiger partial charge >= 0.3 is 0 Å². The van der Waals surface area contributed by atoms with Crippen LogP contribution in [0.15, 0.2) is 45.3 Å². The van der Waals surface area contributed by atoms with Gasteiger partial charge in [0.2, 0.25) is 0 Å². The zero-order valence-corrected chi connectivity index (χ0v) is 11.4. The second-order valence-electron chi connectivity index (χ2n) is 2.98. The van der Waals surface area contributed by atoms with Crippen LogP contribution in [-0.2, 0) is 0 Å². The van der Waals surface area contributed by atoms with Crippen LogP contribution in [0.25, 0.3) is 0 Å². The third-order valence-electron chi connectivity index (χ3n) is 1.84. The molecule has 2 aromatic rings. The molecular formula is C11H8BrNOS2. The number of carbonyl (C=O) groups excluding carboxylic acids is 1. The monoisotopic (exact) mass is 313 g/mol. The van der Waals surface area contributed by atoms with Crippen LogP contribution in [0.1, 0.15) is 9.67 Å². The van der Waals surface area contributed by atoms with Gasteiger partial charge in [-0.1, -0.05) is 17.8 Å². The van der Waals surface area contributed by atoms with Crippen LogP contribution in [0.3, 0.4) is 0 Å². The molecule has 0 fully saturated rings. The van der Waals surface area contributed by atoms with Gasteiger partial charge in [0.15, 0.2) is 5.78 Å². The predicted octanol–water partition coefficient (Wildman–Crippen LogP) is 3.88. The van der Waals surface area contributed by atoms with Crippen LogP contribution < -0.4 is 0 Å². The number of rotatable bonds is 4. The Morgan fingerprint density at radius 3 is 2.88 bits per heavy atom. The minimum absolute atomic E-state index is 0.145. The highest BCUT2D eigenvalue weighted by Crippen LogP contribution is 2.24. The van der Waals surface area contributed by atoms with E-state index in [-0.39, 0.29) is 5.78 Å². The molecule has 0 radical (unpaired) electrons. The molecule has 0 spiro atoms.